The van der Waals surface area contributed by atoms with Crippen molar-refractivity contribution in [1.29, 1.82) is 0 Å². The van der Waals surface area contributed by atoms with E-state index in [1.165, 1.54) is 0 Å². The number of unbranched alkanes of at least 4 members (excludes halogenated alkanes) is 2. The Hall–Kier alpha value is -1.11. The van der Waals surface area contributed by atoms with Crippen LogP contribution < -0.4 is 5.32 Å². The predicted molar refractivity (Wildman–Crippen MR) is 68.1 cm³/mol. The van der Waals surface area contributed by atoms with Crippen molar-refractivity contribution >= 4 is 21.7 Å². The van der Waals surface area contributed by atoms with Crippen LogP contribution in [-0.2, 0) is 19.4 Å². The number of hydrogen-bond acceptors (Lipinski definition) is 4. The van der Waals surface area contributed by atoms with Crippen LogP contribution in [0.3, 0.4) is 0 Å². The van der Waals surface area contributed by atoms with Gasteiger partial charge in [-0.05, 0) is 19.3 Å². The maximum Gasteiger partial charge on any atom is 0.303 e. The highest BCUT2D eigenvalue weighted by atomic mass is 32.2. The normalized spacial score (nSPS) is 11.2. The zero-order chi connectivity index (χ0) is 14.0. The monoisotopic (exact) mass is 279 g/mol. The highest BCUT2D eigenvalue weighted by Gasteiger charge is 2.05. The summed E-state index contributed by atoms with van der Waals surface area (Å²) in [4.78, 5) is 21.5. The Morgan fingerprint density at radius 3 is 2.28 bits per heavy atom. The van der Waals surface area contributed by atoms with E-state index in [4.69, 9.17) is 5.11 Å². The van der Waals surface area contributed by atoms with Crippen LogP contribution in [0.1, 0.15) is 38.5 Å². The Bertz CT molecular complexity index is 364. The summed E-state index contributed by atoms with van der Waals surface area (Å²) < 4.78 is 21.6. The van der Waals surface area contributed by atoms with Crippen LogP contribution >= 0.6 is 0 Å². The molecule has 0 saturated carbocycles. The fourth-order valence-electron chi connectivity index (χ4n) is 1.39. The number of sulfone groups is 1. The maximum absolute atomic E-state index is 11.3. The molecule has 0 aromatic carbocycles. The SMILES string of the molecule is CS(=O)(=O)CCCC(=O)NCCCCCC(=O)O. The zero-order valence-electron chi connectivity index (χ0n) is 10.6. The van der Waals surface area contributed by atoms with Gasteiger partial charge < -0.3 is 10.4 Å². The van der Waals surface area contributed by atoms with Gasteiger partial charge in [-0.2, -0.15) is 0 Å². The van der Waals surface area contributed by atoms with E-state index in [9.17, 15) is 18.0 Å². The molecule has 0 bridgehead atoms. The number of carboxylic acid groups (broad SMARTS) is 1. The lowest BCUT2D eigenvalue weighted by molar-refractivity contribution is -0.137. The lowest BCUT2D eigenvalue weighted by Gasteiger charge is -2.04. The standard InChI is InChI=1S/C11H21NO5S/c1-18(16,17)9-5-6-10(13)12-8-4-2-3-7-11(14)15/h2-9H2,1H3,(H,12,13)(H,14,15). The second kappa shape index (κ2) is 8.91. The third-order valence-corrected chi connectivity index (χ3v) is 3.34. The van der Waals surface area contributed by atoms with Crippen LogP contribution in [0.15, 0.2) is 0 Å². The molecule has 0 saturated heterocycles. The van der Waals surface area contributed by atoms with Crippen LogP contribution in [0.2, 0.25) is 0 Å². The number of carboxylic acids is 1. The highest BCUT2D eigenvalue weighted by Crippen LogP contribution is 1.99. The molecule has 0 fully saturated rings. The van der Waals surface area contributed by atoms with Gasteiger partial charge in [0.25, 0.3) is 0 Å². The van der Waals surface area contributed by atoms with Gasteiger partial charge in [0.15, 0.2) is 0 Å². The van der Waals surface area contributed by atoms with Gasteiger partial charge in [-0.1, -0.05) is 6.42 Å². The number of nitrogens with one attached hydrogen (secondary N) is 1. The second-order valence-electron chi connectivity index (χ2n) is 4.29. The van der Waals surface area contributed by atoms with Crippen molar-refractivity contribution in [3.8, 4) is 0 Å². The molecular formula is C11H21NO5S. The van der Waals surface area contributed by atoms with Crippen LogP contribution in [0.5, 0.6) is 0 Å². The molecule has 0 aliphatic heterocycles. The van der Waals surface area contributed by atoms with Crippen molar-refractivity contribution in [3.05, 3.63) is 0 Å². The Morgan fingerprint density at radius 1 is 1.06 bits per heavy atom. The summed E-state index contributed by atoms with van der Waals surface area (Å²) in [6, 6.07) is 0. The van der Waals surface area contributed by atoms with Gasteiger partial charge in [0, 0.05) is 25.6 Å². The fourth-order valence-corrected chi connectivity index (χ4v) is 2.06. The van der Waals surface area contributed by atoms with Crippen molar-refractivity contribution in [2.75, 3.05) is 18.6 Å². The third kappa shape index (κ3) is 13.0. The molecule has 18 heavy (non-hydrogen) atoms. The van der Waals surface area contributed by atoms with Crippen LogP contribution in [-0.4, -0.2) is 44.0 Å². The van der Waals surface area contributed by atoms with Crippen molar-refractivity contribution in [2.45, 2.75) is 38.5 Å². The zero-order valence-corrected chi connectivity index (χ0v) is 11.5. The summed E-state index contributed by atoms with van der Waals surface area (Å²) in [6.07, 6.45) is 3.96. The van der Waals surface area contributed by atoms with Crippen LogP contribution in [0.4, 0.5) is 0 Å². The van der Waals surface area contributed by atoms with Crippen molar-refractivity contribution in [2.24, 2.45) is 0 Å². The maximum atomic E-state index is 11.3. The quantitative estimate of drug-likeness (QED) is 0.569. The average molecular weight is 279 g/mol. The molecule has 0 aromatic heterocycles. The molecular weight excluding hydrogens is 258 g/mol. The van der Waals surface area contributed by atoms with E-state index in [0.29, 0.717) is 19.4 Å². The van der Waals surface area contributed by atoms with Gasteiger partial charge in [0.1, 0.15) is 9.84 Å². The van der Waals surface area contributed by atoms with E-state index < -0.39 is 15.8 Å². The summed E-state index contributed by atoms with van der Waals surface area (Å²) >= 11 is 0. The minimum absolute atomic E-state index is 0.0268. The lowest BCUT2D eigenvalue weighted by atomic mass is 10.2. The first-order chi connectivity index (χ1) is 8.31. The molecule has 0 spiro atoms. The molecule has 106 valence electrons. The fraction of sp³-hybridized carbons (Fsp3) is 0.818. The highest BCUT2D eigenvalue weighted by molar-refractivity contribution is 7.90. The van der Waals surface area contributed by atoms with E-state index >= 15 is 0 Å². The van der Waals surface area contributed by atoms with Gasteiger partial charge in [-0.25, -0.2) is 8.42 Å². The molecule has 0 aromatic rings. The number of carbonyl (C=O) groups excluding carboxylic acids is 1. The van der Waals surface area contributed by atoms with Crippen LogP contribution in [0.25, 0.3) is 0 Å². The molecule has 0 unspecified atom stereocenters. The molecule has 7 heteroatoms. The molecule has 1 amide bonds. The van der Waals surface area contributed by atoms with Gasteiger partial charge in [0.2, 0.25) is 5.91 Å². The minimum atomic E-state index is -3.00. The smallest absolute Gasteiger partial charge is 0.303 e. The van der Waals surface area contributed by atoms with E-state index in [2.05, 4.69) is 5.32 Å². The van der Waals surface area contributed by atoms with Gasteiger partial charge in [-0.15, -0.1) is 0 Å². The topological polar surface area (TPSA) is 101 Å². The Kier molecular flexibility index (Phi) is 8.36. The molecule has 0 radical (unpaired) electrons. The first kappa shape index (κ1) is 16.9. The Balaban J connectivity index is 3.40. The lowest BCUT2D eigenvalue weighted by Crippen LogP contribution is -2.24. The number of hydrogen-bond donors (Lipinski definition) is 2. The summed E-state index contributed by atoms with van der Waals surface area (Å²) in [5.41, 5.74) is 0. The molecule has 0 rings (SSSR count). The average Bonchev–Trinajstić information content (AvgIpc) is 2.20. The van der Waals surface area contributed by atoms with E-state index in [1.54, 1.807) is 0 Å². The first-order valence-corrected chi connectivity index (χ1v) is 8.03. The Labute approximate surface area is 108 Å². The van der Waals surface area contributed by atoms with Crippen molar-refractivity contribution in [3.63, 3.8) is 0 Å². The predicted octanol–water partition coefficient (Wildman–Crippen LogP) is 0.572. The summed E-state index contributed by atoms with van der Waals surface area (Å²) in [6.45, 7) is 0.511. The molecule has 6 nitrogen and oxygen atoms in total. The molecule has 0 heterocycles. The third-order valence-electron chi connectivity index (χ3n) is 2.31. The summed E-state index contributed by atoms with van der Waals surface area (Å²) in [5.74, 6) is -0.935. The second-order valence-corrected chi connectivity index (χ2v) is 6.55. The summed E-state index contributed by atoms with van der Waals surface area (Å²) in [5, 5.41) is 11.1. The molecule has 2 N–H and O–H groups in total. The van der Waals surface area contributed by atoms with E-state index in [0.717, 1.165) is 19.1 Å². The molecule has 0 atom stereocenters. The van der Waals surface area contributed by atoms with E-state index in [-0.39, 0.29) is 24.5 Å². The minimum Gasteiger partial charge on any atom is -0.481 e. The first-order valence-electron chi connectivity index (χ1n) is 5.97. The number of carbonyl (C=O) groups is 2. The van der Waals surface area contributed by atoms with Gasteiger partial charge >= 0.3 is 5.97 Å². The van der Waals surface area contributed by atoms with Crippen LogP contribution in [0, 0.1) is 0 Å². The number of amides is 1. The van der Waals surface area contributed by atoms with Crippen molar-refractivity contribution < 1.29 is 23.1 Å². The largest absolute Gasteiger partial charge is 0.481 e. The van der Waals surface area contributed by atoms with Crippen molar-refractivity contribution in [1.82, 2.24) is 5.32 Å². The molecule has 0 aliphatic carbocycles. The molecule has 0 aliphatic rings. The van der Waals surface area contributed by atoms with E-state index in [1.807, 2.05) is 0 Å². The van der Waals surface area contributed by atoms with Gasteiger partial charge in [0.05, 0.1) is 5.75 Å². The Morgan fingerprint density at radius 2 is 1.72 bits per heavy atom. The number of rotatable bonds is 10. The van der Waals surface area contributed by atoms with Gasteiger partial charge in [-0.3, -0.25) is 9.59 Å². The number of aliphatic carboxylic acids is 1. The summed E-state index contributed by atoms with van der Waals surface area (Å²) in [7, 11) is -3.00.